The molecule has 6 nitrogen and oxygen atoms in total. The fraction of sp³-hybridized carbons (Fsp3) is 0.364. The number of amides is 1. The number of alkyl halides is 1. The molecule has 3 aliphatic rings. The van der Waals surface area contributed by atoms with E-state index in [1.54, 1.807) is 30.6 Å². The number of hydrogen-bond acceptors (Lipinski definition) is 5. The lowest BCUT2D eigenvalue weighted by Crippen LogP contribution is -2.42. The molecule has 5 rings (SSSR count). The van der Waals surface area contributed by atoms with Gasteiger partial charge in [-0.15, -0.1) is 0 Å². The molecule has 0 aromatic carbocycles. The van der Waals surface area contributed by atoms with Crippen LogP contribution in [0.1, 0.15) is 36.6 Å². The predicted octanol–water partition coefficient (Wildman–Crippen LogP) is 3.23. The maximum absolute atomic E-state index is 14.0. The maximum atomic E-state index is 14.0. The zero-order valence-electron chi connectivity index (χ0n) is 15.9. The number of pyridine rings is 2. The average molecular weight is 393 g/mol. The van der Waals surface area contributed by atoms with E-state index in [-0.39, 0.29) is 23.5 Å². The highest BCUT2D eigenvalue weighted by Crippen LogP contribution is 2.47. The molecule has 0 radical (unpaired) electrons. The Morgan fingerprint density at radius 3 is 2.76 bits per heavy atom. The van der Waals surface area contributed by atoms with E-state index in [4.69, 9.17) is 4.74 Å². The Balaban J connectivity index is 1.65. The molecular weight excluding hydrogens is 373 g/mol. The second-order valence-electron chi connectivity index (χ2n) is 7.80. The van der Waals surface area contributed by atoms with Crippen LogP contribution in [0.4, 0.5) is 10.2 Å². The Labute approximate surface area is 167 Å². The van der Waals surface area contributed by atoms with Crippen LogP contribution in [-0.2, 0) is 14.3 Å². The molecule has 1 saturated carbocycles. The zero-order chi connectivity index (χ0) is 20.1. The minimum Gasteiger partial charge on any atom is -0.483 e. The van der Waals surface area contributed by atoms with Crippen molar-refractivity contribution in [1.82, 2.24) is 9.97 Å². The van der Waals surface area contributed by atoms with Crippen LogP contribution in [0, 0.1) is 12.8 Å². The van der Waals surface area contributed by atoms with Crippen LogP contribution in [0.3, 0.4) is 0 Å². The number of hydrogen-bond donors (Lipinski definition) is 0. The summed E-state index contributed by atoms with van der Waals surface area (Å²) >= 11 is 0. The number of fused-ring (bicyclic) bond motifs is 1. The smallest absolute Gasteiger partial charge is 0.295 e. The average Bonchev–Trinajstić information content (AvgIpc) is 3.02. The van der Waals surface area contributed by atoms with Gasteiger partial charge in [0.25, 0.3) is 5.91 Å². The monoisotopic (exact) mass is 393 g/mol. The minimum absolute atomic E-state index is 0.0625. The molecular formula is C22H20FN3O3. The third kappa shape index (κ3) is 2.84. The van der Waals surface area contributed by atoms with Gasteiger partial charge in [-0.25, -0.2) is 9.37 Å². The van der Waals surface area contributed by atoms with E-state index < -0.39 is 30.1 Å². The van der Waals surface area contributed by atoms with E-state index >= 15 is 0 Å². The second-order valence-corrected chi connectivity index (χ2v) is 7.80. The standard InChI is InChI=1S/C22H20FN3O3/c1-12-7-9-25-17(10-12)26-19(15-4-2-3-8-24-15)18-20(27)14-11-13(23)5-6-16(14)29-21(18)22(26)28/h2-4,7-10,13-14,16,19H,5-6,11H2,1H3. The number of aryl methyl sites for hydroxylation is 1. The molecule has 2 aromatic rings. The van der Waals surface area contributed by atoms with Crippen LogP contribution in [0.5, 0.6) is 0 Å². The number of carbonyl (C=O) groups is 2. The van der Waals surface area contributed by atoms with Gasteiger partial charge in [0.2, 0.25) is 0 Å². The summed E-state index contributed by atoms with van der Waals surface area (Å²) in [5.41, 5.74) is 1.76. The molecule has 4 heterocycles. The summed E-state index contributed by atoms with van der Waals surface area (Å²) in [6, 6.07) is 8.25. The molecule has 1 aliphatic carbocycles. The van der Waals surface area contributed by atoms with Crippen molar-refractivity contribution in [1.29, 1.82) is 0 Å². The van der Waals surface area contributed by atoms with Gasteiger partial charge in [0.15, 0.2) is 11.5 Å². The lowest BCUT2D eigenvalue weighted by atomic mass is 9.77. The molecule has 4 unspecified atom stereocenters. The van der Waals surface area contributed by atoms with Gasteiger partial charge in [-0.3, -0.25) is 19.5 Å². The van der Waals surface area contributed by atoms with Crippen molar-refractivity contribution in [2.24, 2.45) is 5.92 Å². The lowest BCUT2D eigenvalue weighted by molar-refractivity contribution is -0.133. The molecule has 1 amide bonds. The Hall–Kier alpha value is -3.09. The van der Waals surface area contributed by atoms with Crippen molar-refractivity contribution in [3.63, 3.8) is 0 Å². The van der Waals surface area contributed by atoms with Gasteiger partial charge >= 0.3 is 0 Å². The quantitative estimate of drug-likeness (QED) is 0.783. The van der Waals surface area contributed by atoms with Crippen molar-refractivity contribution in [3.8, 4) is 0 Å². The molecule has 148 valence electrons. The van der Waals surface area contributed by atoms with Crippen LogP contribution in [0.2, 0.25) is 0 Å². The van der Waals surface area contributed by atoms with E-state index in [1.165, 1.54) is 4.90 Å². The van der Waals surface area contributed by atoms with Gasteiger partial charge in [-0.05, 0) is 56.0 Å². The summed E-state index contributed by atoms with van der Waals surface area (Å²) in [6.07, 6.45) is 2.68. The molecule has 2 aromatic heterocycles. The number of halogens is 1. The van der Waals surface area contributed by atoms with E-state index in [9.17, 15) is 14.0 Å². The second kappa shape index (κ2) is 6.76. The van der Waals surface area contributed by atoms with Gasteiger partial charge < -0.3 is 4.74 Å². The summed E-state index contributed by atoms with van der Waals surface area (Å²) in [7, 11) is 0. The summed E-state index contributed by atoms with van der Waals surface area (Å²) in [5.74, 6) is -0.682. The first kappa shape index (κ1) is 18.0. The summed E-state index contributed by atoms with van der Waals surface area (Å²) in [6.45, 7) is 1.91. The molecule has 0 spiro atoms. The van der Waals surface area contributed by atoms with Crippen molar-refractivity contribution in [2.75, 3.05) is 4.90 Å². The molecule has 7 heteroatoms. The molecule has 29 heavy (non-hydrogen) atoms. The first-order valence-corrected chi connectivity index (χ1v) is 9.81. The highest BCUT2D eigenvalue weighted by Gasteiger charge is 2.54. The molecule has 0 saturated heterocycles. The fourth-order valence-corrected chi connectivity index (χ4v) is 4.52. The number of aromatic nitrogens is 2. The normalized spacial score (nSPS) is 28.8. The van der Waals surface area contributed by atoms with Gasteiger partial charge in [0, 0.05) is 12.4 Å². The molecule has 4 atom stereocenters. The number of ether oxygens (including phenoxy) is 1. The van der Waals surface area contributed by atoms with Crippen LogP contribution < -0.4 is 4.90 Å². The number of carbonyl (C=O) groups excluding carboxylic acids is 2. The van der Waals surface area contributed by atoms with Crippen LogP contribution in [0.15, 0.2) is 54.1 Å². The number of anilines is 1. The Bertz CT molecular complexity index is 1020. The minimum atomic E-state index is -1.02. The third-order valence-electron chi connectivity index (χ3n) is 5.90. The number of nitrogens with zero attached hydrogens (tertiary/aromatic N) is 3. The SMILES string of the molecule is Cc1ccnc(N2C(=O)C3=C(C(=O)C4CC(F)CCC4O3)C2c2ccccn2)c1. The maximum Gasteiger partial charge on any atom is 0.295 e. The van der Waals surface area contributed by atoms with Gasteiger partial charge in [0.05, 0.1) is 17.2 Å². The van der Waals surface area contributed by atoms with E-state index in [0.29, 0.717) is 24.4 Å². The fourth-order valence-electron chi connectivity index (χ4n) is 4.52. The summed E-state index contributed by atoms with van der Waals surface area (Å²) in [5, 5.41) is 0. The predicted molar refractivity (Wildman–Crippen MR) is 103 cm³/mol. The van der Waals surface area contributed by atoms with Crippen molar-refractivity contribution < 1.29 is 18.7 Å². The first-order valence-electron chi connectivity index (χ1n) is 9.81. The third-order valence-corrected chi connectivity index (χ3v) is 5.90. The summed E-state index contributed by atoms with van der Waals surface area (Å²) in [4.78, 5) is 37.0. The van der Waals surface area contributed by atoms with Gasteiger partial charge in [-0.1, -0.05) is 6.07 Å². The number of rotatable bonds is 2. The number of Topliss-reactive ketones (excluding diaryl/α,β-unsaturated/α-hetero) is 1. The van der Waals surface area contributed by atoms with Crippen molar-refractivity contribution in [2.45, 2.75) is 44.5 Å². The van der Waals surface area contributed by atoms with Gasteiger partial charge in [-0.2, -0.15) is 0 Å². The molecule has 1 fully saturated rings. The Kier molecular flexibility index (Phi) is 4.19. The Morgan fingerprint density at radius 2 is 2.00 bits per heavy atom. The Morgan fingerprint density at radius 1 is 1.14 bits per heavy atom. The number of ketones is 1. The topological polar surface area (TPSA) is 72.4 Å². The summed E-state index contributed by atoms with van der Waals surface area (Å²) < 4.78 is 20.1. The van der Waals surface area contributed by atoms with Crippen molar-refractivity contribution in [3.05, 3.63) is 65.3 Å². The van der Waals surface area contributed by atoms with Crippen LogP contribution in [0.25, 0.3) is 0 Å². The van der Waals surface area contributed by atoms with Gasteiger partial charge in [0.1, 0.15) is 24.1 Å². The molecule has 0 bridgehead atoms. The van der Waals surface area contributed by atoms with Crippen molar-refractivity contribution >= 4 is 17.5 Å². The van der Waals surface area contributed by atoms with Crippen LogP contribution >= 0.6 is 0 Å². The first-order chi connectivity index (χ1) is 14.0. The highest BCUT2D eigenvalue weighted by molar-refractivity contribution is 6.17. The lowest BCUT2D eigenvalue weighted by Gasteiger charge is -2.36. The van der Waals surface area contributed by atoms with E-state index in [1.807, 2.05) is 19.1 Å². The zero-order valence-corrected chi connectivity index (χ0v) is 15.9. The molecule has 0 N–H and O–H groups in total. The molecule has 2 aliphatic heterocycles. The van der Waals surface area contributed by atoms with Crippen LogP contribution in [-0.4, -0.2) is 33.9 Å². The van der Waals surface area contributed by atoms with E-state index in [0.717, 1.165) is 5.56 Å². The van der Waals surface area contributed by atoms with E-state index in [2.05, 4.69) is 9.97 Å². The highest BCUT2D eigenvalue weighted by atomic mass is 19.1. The largest absolute Gasteiger partial charge is 0.483 e.